The molecule has 0 aliphatic carbocycles. The van der Waals surface area contributed by atoms with E-state index in [9.17, 15) is 0 Å². The van der Waals surface area contributed by atoms with Gasteiger partial charge in [0.1, 0.15) is 11.5 Å². The van der Waals surface area contributed by atoms with Crippen LogP contribution in [0.3, 0.4) is 0 Å². The summed E-state index contributed by atoms with van der Waals surface area (Å²) in [6.07, 6.45) is 0.863. The standard InChI is InChI=1S/C17H20BrNO/c1-11-4-5-12(2)17(8-11)20-16-7-6-14(9-13(3)19)10-15(16)18/h4-8,10,13H,9,19H2,1-3H3. The first-order valence-corrected chi connectivity index (χ1v) is 7.54. The van der Waals surface area contributed by atoms with Crippen molar-refractivity contribution < 1.29 is 4.74 Å². The van der Waals surface area contributed by atoms with E-state index in [0.29, 0.717) is 0 Å². The summed E-state index contributed by atoms with van der Waals surface area (Å²) in [6, 6.07) is 12.5. The maximum atomic E-state index is 6.00. The molecule has 2 nitrogen and oxygen atoms in total. The topological polar surface area (TPSA) is 35.2 Å². The third-order valence-electron chi connectivity index (χ3n) is 3.12. The largest absolute Gasteiger partial charge is 0.456 e. The molecule has 0 aromatic heterocycles. The molecule has 1 atom stereocenters. The first-order valence-electron chi connectivity index (χ1n) is 6.75. The van der Waals surface area contributed by atoms with Crippen LogP contribution in [0.25, 0.3) is 0 Å². The van der Waals surface area contributed by atoms with Gasteiger partial charge in [-0.1, -0.05) is 18.2 Å². The van der Waals surface area contributed by atoms with Gasteiger partial charge < -0.3 is 10.5 Å². The van der Waals surface area contributed by atoms with E-state index in [1.807, 2.05) is 19.9 Å². The smallest absolute Gasteiger partial charge is 0.141 e. The molecule has 0 amide bonds. The van der Waals surface area contributed by atoms with Crippen LogP contribution < -0.4 is 10.5 Å². The monoisotopic (exact) mass is 333 g/mol. The molecule has 0 radical (unpaired) electrons. The van der Waals surface area contributed by atoms with Crippen molar-refractivity contribution in [3.05, 3.63) is 57.6 Å². The fourth-order valence-electron chi connectivity index (χ4n) is 2.06. The zero-order valence-electron chi connectivity index (χ0n) is 12.1. The number of benzene rings is 2. The molecule has 2 aromatic rings. The highest BCUT2D eigenvalue weighted by Gasteiger charge is 2.07. The molecule has 0 aliphatic heterocycles. The number of hydrogen-bond donors (Lipinski definition) is 1. The highest BCUT2D eigenvalue weighted by molar-refractivity contribution is 9.10. The van der Waals surface area contributed by atoms with Crippen molar-refractivity contribution >= 4 is 15.9 Å². The second-order valence-corrected chi connectivity index (χ2v) is 6.17. The molecule has 3 heteroatoms. The van der Waals surface area contributed by atoms with Gasteiger partial charge >= 0.3 is 0 Å². The molecule has 2 rings (SSSR count). The third kappa shape index (κ3) is 3.84. The molecule has 20 heavy (non-hydrogen) atoms. The van der Waals surface area contributed by atoms with Crippen molar-refractivity contribution in [1.29, 1.82) is 0 Å². The van der Waals surface area contributed by atoms with Crippen molar-refractivity contribution in [3.8, 4) is 11.5 Å². The lowest BCUT2D eigenvalue weighted by Crippen LogP contribution is -2.17. The van der Waals surface area contributed by atoms with Crippen molar-refractivity contribution in [3.63, 3.8) is 0 Å². The molecule has 0 spiro atoms. The van der Waals surface area contributed by atoms with Crippen LogP contribution in [0.4, 0.5) is 0 Å². The quantitative estimate of drug-likeness (QED) is 0.876. The lowest BCUT2D eigenvalue weighted by molar-refractivity contribution is 0.475. The predicted molar refractivity (Wildman–Crippen MR) is 87.5 cm³/mol. The van der Waals surface area contributed by atoms with Crippen LogP contribution in [0.1, 0.15) is 23.6 Å². The Labute approximate surface area is 129 Å². The van der Waals surface area contributed by atoms with E-state index in [4.69, 9.17) is 10.5 Å². The fraction of sp³-hybridized carbons (Fsp3) is 0.294. The lowest BCUT2D eigenvalue weighted by atomic mass is 10.1. The first-order chi connectivity index (χ1) is 9.45. The van der Waals surface area contributed by atoms with E-state index in [2.05, 4.69) is 53.2 Å². The van der Waals surface area contributed by atoms with Crippen molar-refractivity contribution in [2.75, 3.05) is 0 Å². The van der Waals surface area contributed by atoms with Gasteiger partial charge in [0.2, 0.25) is 0 Å². The maximum absolute atomic E-state index is 6.00. The number of rotatable bonds is 4. The average Bonchev–Trinajstić information content (AvgIpc) is 2.36. The van der Waals surface area contributed by atoms with E-state index in [0.717, 1.165) is 28.0 Å². The van der Waals surface area contributed by atoms with Gasteiger partial charge in [0.15, 0.2) is 0 Å². The normalized spacial score (nSPS) is 12.2. The van der Waals surface area contributed by atoms with Crippen LogP contribution in [-0.2, 0) is 6.42 Å². The van der Waals surface area contributed by atoms with E-state index in [1.165, 1.54) is 11.1 Å². The van der Waals surface area contributed by atoms with Gasteiger partial charge in [0, 0.05) is 6.04 Å². The van der Waals surface area contributed by atoms with Crippen LogP contribution in [0.15, 0.2) is 40.9 Å². The number of aryl methyl sites for hydroxylation is 2. The Morgan fingerprint density at radius 2 is 1.85 bits per heavy atom. The van der Waals surface area contributed by atoms with Crippen LogP contribution in [-0.4, -0.2) is 6.04 Å². The molecule has 0 bridgehead atoms. The van der Waals surface area contributed by atoms with E-state index in [1.54, 1.807) is 0 Å². The molecule has 106 valence electrons. The van der Waals surface area contributed by atoms with E-state index in [-0.39, 0.29) is 6.04 Å². The number of ether oxygens (including phenoxy) is 1. The van der Waals surface area contributed by atoms with Gasteiger partial charge in [-0.3, -0.25) is 0 Å². The molecular weight excluding hydrogens is 314 g/mol. The predicted octanol–water partition coefficient (Wildman–Crippen LogP) is 4.75. The highest BCUT2D eigenvalue weighted by atomic mass is 79.9. The van der Waals surface area contributed by atoms with Crippen molar-refractivity contribution in [2.24, 2.45) is 5.73 Å². The summed E-state index contributed by atoms with van der Waals surface area (Å²) in [4.78, 5) is 0. The number of halogens is 1. The van der Waals surface area contributed by atoms with Gasteiger partial charge in [-0.15, -0.1) is 0 Å². The third-order valence-corrected chi connectivity index (χ3v) is 3.74. The Morgan fingerprint density at radius 3 is 2.50 bits per heavy atom. The molecule has 2 N–H and O–H groups in total. The number of hydrogen-bond acceptors (Lipinski definition) is 2. The second kappa shape index (κ2) is 6.42. The van der Waals surface area contributed by atoms with Crippen LogP contribution in [0.2, 0.25) is 0 Å². The lowest BCUT2D eigenvalue weighted by Gasteiger charge is -2.13. The van der Waals surface area contributed by atoms with Gasteiger partial charge in [-0.2, -0.15) is 0 Å². The molecule has 2 aromatic carbocycles. The van der Waals surface area contributed by atoms with Crippen LogP contribution >= 0.6 is 15.9 Å². The zero-order chi connectivity index (χ0) is 14.7. The minimum Gasteiger partial charge on any atom is -0.456 e. The Balaban J connectivity index is 2.23. The molecule has 0 saturated heterocycles. The van der Waals surface area contributed by atoms with Crippen molar-refractivity contribution in [2.45, 2.75) is 33.2 Å². The zero-order valence-corrected chi connectivity index (χ0v) is 13.7. The van der Waals surface area contributed by atoms with Gasteiger partial charge in [-0.25, -0.2) is 0 Å². The Kier molecular flexibility index (Phi) is 4.84. The summed E-state index contributed by atoms with van der Waals surface area (Å²) < 4.78 is 6.96. The van der Waals surface area contributed by atoms with Gasteiger partial charge in [0.25, 0.3) is 0 Å². The van der Waals surface area contributed by atoms with Crippen molar-refractivity contribution in [1.82, 2.24) is 0 Å². The Morgan fingerprint density at radius 1 is 1.10 bits per heavy atom. The molecule has 1 unspecified atom stereocenters. The fourth-order valence-corrected chi connectivity index (χ4v) is 2.57. The number of nitrogens with two attached hydrogens (primary N) is 1. The Hall–Kier alpha value is -1.32. The molecule has 0 heterocycles. The maximum Gasteiger partial charge on any atom is 0.141 e. The summed E-state index contributed by atoms with van der Waals surface area (Å²) in [5, 5.41) is 0. The van der Waals surface area contributed by atoms with Crippen LogP contribution in [0, 0.1) is 13.8 Å². The minimum absolute atomic E-state index is 0.160. The van der Waals surface area contributed by atoms with Crippen LogP contribution in [0.5, 0.6) is 11.5 Å². The average molecular weight is 334 g/mol. The SMILES string of the molecule is Cc1ccc(C)c(Oc2ccc(CC(C)N)cc2Br)c1. The summed E-state index contributed by atoms with van der Waals surface area (Å²) in [7, 11) is 0. The molecule has 0 fully saturated rings. The first kappa shape index (κ1) is 15.1. The Bertz CT molecular complexity index is 608. The summed E-state index contributed by atoms with van der Waals surface area (Å²) >= 11 is 3.57. The van der Waals surface area contributed by atoms with Gasteiger partial charge in [0.05, 0.1) is 4.47 Å². The minimum atomic E-state index is 0.160. The van der Waals surface area contributed by atoms with E-state index < -0.39 is 0 Å². The summed E-state index contributed by atoms with van der Waals surface area (Å²) in [6.45, 7) is 6.12. The summed E-state index contributed by atoms with van der Waals surface area (Å²) in [5.74, 6) is 1.72. The highest BCUT2D eigenvalue weighted by Crippen LogP contribution is 2.32. The molecule has 0 saturated carbocycles. The molecule has 0 aliphatic rings. The van der Waals surface area contributed by atoms with E-state index >= 15 is 0 Å². The summed E-state index contributed by atoms with van der Waals surface area (Å²) in [5.41, 5.74) is 9.35. The molecular formula is C17H20BrNO. The second-order valence-electron chi connectivity index (χ2n) is 5.32. The van der Waals surface area contributed by atoms with Gasteiger partial charge in [-0.05, 0) is 78.0 Å².